The van der Waals surface area contributed by atoms with Crippen LogP contribution in [0, 0.1) is 5.82 Å². The summed E-state index contributed by atoms with van der Waals surface area (Å²) in [5.74, 6) is -0.253. The summed E-state index contributed by atoms with van der Waals surface area (Å²) in [4.78, 5) is 1.82. The Kier molecular flexibility index (Phi) is 3.44. The summed E-state index contributed by atoms with van der Waals surface area (Å²) in [7, 11) is 1.82. The molecule has 0 spiro atoms. The fourth-order valence-corrected chi connectivity index (χ4v) is 1.89. The van der Waals surface area contributed by atoms with Crippen LogP contribution in [0.3, 0.4) is 0 Å². The number of nitrogens with two attached hydrogens (primary N) is 1. The first-order chi connectivity index (χ1) is 8.24. The van der Waals surface area contributed by atoms with Crippen LogP contribution in [0.2, 0.25) is 0 Å². The lowest BCUT2D eigenvalue weighted by atomic mass is 10.1. The molecule has 0 aliphatic heterocycles. The van der Waals surface area contributed by atoms with Crippen molar-refractivity contribution in [2.45, 2.75) is 6.04 Å². The molecule has 0 radical (unpaired) electrons. The van der Waals surface area contributed by atoms with Gasteiger partial charge in [0.1, 0.15) is 5.82 Å². The van der Waals surface area contributed by atoms with E-state index >= 15 is 0 Å². The molecule has 1 aromatic heterocycles. The minimum absolute atomic E-state index is 0.0920. The quantitative estimate of drug-likeness (QED) is 0.884. The largest absolute Gasteiger partial charge is 0.472 e. The summed E-state index contributed by atoms with van der Waals surface area (Å²) in [6, 6.07) is 8.40. The third kappa shape index (κ3) is 2.31. The molecule has 17 heavy (non-hydrogen) atoms. The summed E-state index contributed by atoms with van der Waals surface area (Å²) < 4.78 is 18.7. The second-order valence-electron chi connectivity index (χ2n) is 3.87. The van der Waals surface area contributed by atoms with Gasteiger partial charge in [-0.2, -0.15) is 0 Å². The Bertz CT molecular complexity index is 470. The van der Waals surface area contributed by atoms with E-state index in [0.29, 0.717) is 12.2 Å². The van der Waals surface area contributed by atoms with Gasteiger partial charge in [-0.05, 0) is 18.2 Å². The molecule has 4 heteroatoms. The number of furan rings is 1. The van der Waals surface area contributed by atoms with Gasteiger partial charge in [0.15, 0.2) is 0 Å². The average molecular weight is 234 g/mol. The lowest BCUT2D eigenvalue weighted by Crippen LogP contribution is -2.30. The highest BCUT2D eigenvalue weighted by Crippen LogP contribution is 2.27. The standard InChI is InChI=1S/C13H15FN2O/c1-16(12-5-3-2-4-11(12)14)13(8-15)10-6-7-17-9-10/h2-7,9,13H,8,15H2,1H3. The van der Waals surface area contributed by atoms with Crippen molar-refractivity contribution in [1.29, 1.82) is 0 Å². The van der Waals surface area contributed by atoms with Crippen LogP contribution in [0.5, 0.6) is 0 Å². The Hall–Kier alpha value is -1.81. The highest BCUT2D eigenvalue weighted by atomic mass is 19.1. The third-order valence-corrected chi connectivity index (χ3v) is 2.85. The van der Waals surface area contributed by atoms with E-state index in [9.17, 15) is 4.39 Å². The number of anilines is 1. The molecule has 90 valence electrons. The molecule has 2 N–H and O–H groups in total. The Morgan fingerprint density at radius 2 is 2.12 bits per heavy atom. The number of halogens is 1. The molecule has 0 saturated carbocycles. The molecule has 0 fully saturated rings. The number of nitrogens with zero attached hydrogens (tertiary/aromatic N) is 1. The van der Waals surface area contributed by atoms with E-state index < -0.39 is 0 Å². The summed E-state index contributed by atoms with van der Waals surface area (Å²) >= 11 is 0. The number of hydrogen-bond acceptors (Lipinski definition) is 3. The first-order valence-electron chi connectivity index (χ1n) is 5.43. The molecule has 1 unspecified atom stereocenters. The van der Waals surface area contributed by atoms with Crippen LogP contribution in [0.4, 0.5) is 10.1 Å². The molecule has 3 nitrogen and oxygen atoms in total. The summed E-state index contributed by atoms with van der Waals surface area (Å²) in [6.07, 6.45) is 3.22. The van der Waals surface area contributed by atoms with Crippen LogP contribution in [0.25, 0.3) is 0 Å². The zero-order valence-corrected chi connectivity index (χ0v) is 9.64. The zero-order chi connectivity index (χ0) is 12.3. The molecule has 0 aliphatic carbocycles. The van der Waals surface area contributed by atoms with Crippen LogP contribution in [-0.4, -0.2) is 13.6 Å². The van der Waals surface area contributed by atoms with E-state index in [1.165, 1.54) is 6.07 Å². The molecule has 0 amide bonds. The van der Waals surface area contributed by atoms with Gasteiger partial charge >= 0.3 is 0 Å². The first-order valence-corrected chi connectivity index (χ1v) is 5.43. The lowest BCUT2D eigenvalue weighted by molar-refractivity contribution is 0.554. The van der Waals surface area contributed by atoms with Crippen molar-refractivity contribution in [3.63, 3.8) is 0 Å². The van der Waals surface area contributed by atoms with Gasteiger partial charge in [-0.1, -0.05) is 12.1 Å². The van der Waals surface area contributed by atoms with E-state index in [2.05, 4.69) is 0 Å². The molecule has 0 bridgehead atoms. The minimum atomic E-state index is -0.253. The van der Waals surface area contributed by atoms with Crippen LogP contribution in [-0.2, 0) is 0 Å². The normalized spacial score (nSPS) is 12.4. The van der Waals surface area contributed by atoms with Gasteiger partial charge in [-0.15, -0.1) is 0 Å². The van der Waals surface area contributed by atoms with E-state index in [0.717, 1.165) is 5.56 Å². The van der Waals surface area contributed by atoms with E-state index in [1.54, 1.807) is 30.7 Å². The summed E-state index contributed by atoms with van der Waals surface area (Å²) in [6.45, 7) is 0.393. The van der Waals surface area contributed by atoms with Crippen LogP contribution < -0.4 is 10.6 Å². The van der Waals surface area contributed by atoms with Gasteiger partial charge < -0.3 is 15.1 Å². The molecule has 1 atom stereocenters. The van der Waals surface area contributed by atoms with Crippen molar-refractivity contribution in [2.24, 2.45) is 5.73 Å². The van der Waals surface area contributed by atoms with E-state index in [-0.39, 0.29) is 11.9 Å². The van der Waals surface area contributed by atoms with Gasteiger partial charge in [0.2, 0.25) is 0 Å². The van der Waals surface area contributed by atoms with Crippen molar-refractivity contribution in [3.8, 4) is 0 Å². The number of rotatable bonds is 4. The van der Waals surface area contributed by atoms with Gasteiger partial charge in [-0.3, -0.25) is 0 Å². The third-order valence-electron chi connectivity index (χ3n) is 2.85. The van der Waals surface area contributed by atoms with Crippen molar-refractivity contribution < 1.29 is 8.81 Å². The summed E-state index contributed by atoms with van der Waals surface area (Å²) in [5, 5.41) is 0. The first kappa shape index (κ1) is 11.7. The van der Waals surface area contributed by atoms with Gasteiger partial charge in [0, 0.05) is 19.2 Å². The predicted octanol–water partition coefficient (Wildman–Crippen LogP) is 2.55. The number of likely N-dealkylation sites (N-methyl/N-ethyl adjacent to an activating group) is 1. The van der Waals surface area contributed by atoms with E-state index in [4.69, 9.17) is 10.2 Å². The number of hydrogen-bond donors (Lipinski definition) is 1. The van der Waals surface area contributed by atoms with Crippen molar-refractivity contribution >= 4 is 5.69 Å². The Labute approximate surface area is 99.6 Å². The Morgan fingerprint density at radius 3 is 2.71 bits per heavy atom. The van der Waals surface area contributed by atoms with Gasteiger partial charge in [-0.25, -0.2) is 4.39 Å². The molecular formula is C13H15FN2O. The Morgan fingerprint density at radius 1 is 1.35 bits per heavy atom. The fraction of sp³-hybridized carbons (Fsp3) is 0.231. The smallest absolute Gasteiger partial charge is 0.146 e. The fourth-order valence-electron chi connectivity index (χ4n) is 1.89. The van der Waals surface area contributed by atoms with Gasteiger partial charge in [0.05, 0.1) is 24.3 Å². The maximum Gasteiger partial charge on any atom is 0.146 e. The molecule has 0 aliphatic rings. The second-order valence-corrected chi connectivity index (χ2v) is 3.87. The summed E-state index contributed by atoms with van der Waals surface area (Å²) in [5.41, 5.74) is 7.22. The molecule has 2 aromatic rings. The molecular weight excluding hydrogens is 219 g/mol. The highest BCUT2D eigenvalue weighted by molar-refractivity contribution is 5.49. The number of para-hydroxylation sites is 1. The van der Waals surface area contributed by atoms with Crippen LogP contribution in [0.15, 0.2) is 47.3 Å². The van der Waals surface area contributed by atoms with Crippen LogP contribution >= 0.6 is 0 Å². The second kappa shape index (κ2) is 5.01. The van der Waals surface area contributed by atoms with E-state index in [1.807, 2.05) is 18.0 Å². The monoisotopic (exact) mass is 234 g/mol. The Balaban J connectivity index is 2.30. The van der Waals surface area contributed by atoms with Crippen molar-refractivity contribution in [2.75, 3.05) is 18.5 Å². The van der Waals surface area contributed by atoms with Crippen LogP contribution in [0.1, 0.15) is 11.6 Å². The zero-order valence-electron chi connectivity index (χ0n) is 9.64. The maximum absolute atomic E-state index is 13.7. The predicted molar refractivity (Wildman–Crippen MR) is 65.3 cm³/mol. The van der Waals surface area contributed by atoms with Gasteiger partial charge in [0.25, 0.3) is 0 Å². The molecule has 1 heterocycles. The minimum Gasteiger partial charge on any atom is -0.472 e. The molecule has 2 rings (SSSR count). The molecule has 1 aromatic carbocycles. The topological polar surface area (TPSA) is 42.4 Å². The average Bonchev–Trinajstić information content (AvgIpc) is 2.84. The van der Waals surface area contributed by atoms with Crippen molar-refractivity contribution in [1.82, 2.24) is 0 Å². The lowest BCUT2D eigenvalue weighted by Gasteiger charge is -2.28. The van der Waals surface area contributed by atoms with Crippen molar-refractivity contribution in [3.05, 3.63) is 54.2 Å². The SMILES string of the molecule is CN(c1ccccc1F)C(CN)c1ccoc1. The maximum atomic E-state index is 13.7. The number of benzene rings is 1. The highest BCUT2D eigenvalue weighted by Gasteiger charge is 2.19. The molecule has 0 saturated heterocycles.